The molecule has 0 aromatic heterocycles. The number of methoxy groups -OCH3 is 1. The van der Waals surface area contributed by atoms with Gasteiger partial charge in [0.2, 0.25) is 11.8 Å². The summed E-state index contributed by atoms with van der Waals surface area (Å²) < 4.78 is 5.20. The molecule has 2 amide bonds. The number of aryl methyl sites for hydroxylation is 2. The Kier molecular flexibility index (Phi) is 8.05. The molecule has 0 radical (unpaired) electrons. The van der Waals surface area contributed by atoms with Crippen molar-refractivity contribution in [2.75, 3.05) is 14.2 Å². The van der Waals surface area contributed by atoms with Crippen molar-refractivity contribution in [1.29, 1.82) is 0 Å². The summed E-state index contributed by atoms with van der Waals surface area (Å²) in [5, 5.41) is 2.68. The van der Waals surface area contributed by atoms with Gasteiger partial charge in [-0.3, -0.25) is 9.59 Å². The Balaban J connectivity index is 2.16. The minimum absolute atomic E-state index is 0.0214. The third kappa shape index (κ3) is 5.84. The third-order valence-electron chi connectivity index (χ3n) is 4.89. The van der Waals surface area contributed by atoms with E-state index in [9.17, 15) is 9.59 Å². The van der Waals surface area contributed by atoms with Gasteiger partial charge < -0.3 is 15.0 Å². The molecule has 0 aliphatic rings. The Hall–Kier alpha value is -2.82. The topological polar surface area (TPSA) is 58.6 Å². The minimum Gasteiger partial charge on any atom is -0.497 e. The fourth-order valence-corrected chi connectivity index (χ4v) is 3.16. The number of nitrogens with zero attached hydrogens (tertiary/aromatic N) is 1. The van der Waals surface area contributed by atoms with Gasteiger partial charge in [0.15, 0.2) is 0 Å². The lowest BCUT2D eigenvalue weighted by Gasteiger charge is -2.30. The van der Waals surface area contributed by atoms with E-state index in [2.05, 4.69) is 5.32 Å². The number of rotatable bonds is 9. The number of hydrogen-bond donors (Lipinski definition) is 1. The molecule has 2 aromatic carbocycles. The van der Waals surface area contributed by atoms with Crippen molar-refractivity contribution in [3.63, 3.8) is 0 Å². The summed E-state index contributed by atoms with van der Waals surface area (Å²) in [6.07, 6.45) is 1.58. The average molecular weight is 383 g/mol. The van der Waals surface area contributed by atoms with Crippen LogP contribution in [0.1, 0.15) is 36.5 Å². The predicted octanol–water partition coefficient (Wildman–Crippen LogP) is 3.49. The molecule has 2 aromatic rings. The second-order valence-corrected chi connectivity index (χ2v) is 6.89. The van der Waals surface area contributed by atoms with Gasteiger partial charge in [0.1, 0.15) is 11.8 Å². The standard InChI is InChI=1S/C23H30N2O3/c1-5-21(23(27)24-3)25(16-19-10-13-20(28-4)14-11-19)22(26)15-12-18-8-6-17(2)7-9-18/h6-11,13-14,21H,5,12,15-16H2,1-4H3,(H,24,27). The first-order valence-electron chi connectivity index (χ1n) is 9.68. The van der Waals surface area contributed by atoms with Gasteiger partial charge in [-0.25, -0.2) is 0 Å². The van der Waals surface area contributed by atoms with Crippen LogP contribution < -0.4 is 10.1 Å². The molecule has 1 N–H and O–H groups in total. The molecule has 0 aliphatic carbocycles. The molecular formula is C23H30N2O3. The summed E-state index contributed by atoms with van der Waals surface area (Å²) in [5.41, 5.74) is 3.28. The minimum atomic E-state index is -0.488. The van der Waals surface area contributed by atoms with Crippen LogP contribution in [0.15, 0.2) is 48.5 Å². The van der Waals surface area contributed by atoms with Gasteiger partial charge in [-0.2, -0.15) is 0 Å². The lowest BCUT2D eigenvalue weighted by molar-refractivity contribution is -0.141. The Morgan fingerprint density at radius 1 is 1.04 bits per heavy atom. The van der Waals surface area contributed by atoms with Crippen LogP contribution >= 0.6 is 0 Å². The van der Waals surface area contributed by atoms with Crippen LogP contribution in [0.2, 0.25) is 0 Å². The number of nitrogens with one attached hydrogen (secondary N) is 1. The fourth-order valence-electron chi connectivity index (χ4n) is 3.16. The van der Waals surface area contributed by atoms with Crippen molar-refractivity contribution >= 4 is 11.8 Å². The predicted molar refractivity (Wildman–Crippen MR) is 111 cm³/mol. The average Bonchev–Trinajstić information content (AvgIpc) is 2.73. The van der Waals surface area contributed by atoms with Crippen LogP contribution in [-0.2, 0) is 22.6 Å². The highest BCUT2D eigenvalue weighted by atomic mass is 16.5. The van der Waals surface area contributed by atoms with Crippen LogP contribution in [0.4, 0.5) is 0 Å². The van der Waals surface area contributed by atoms with Gasteiger partial charge in [0, 0.05) is 20.0 Å². The van der Waals surface area contributed by atoms with Gasteiger partial charge >= 0.3 is 0 Å². The van der Waals surface area contributed by atoms with E-state index in [0.717, 1.165) is 16.9 Å². The number of amides is 2. The summed E-state index contributed by atoms with van der Waals surface area (Å²) in [5.74, 6) is 0.603. The van der Waals surface area contributed by atoms with Crippen molar-refractivity contribution in [2.45, 2.75) is 45.7 Å². The van der Waals surface area contributed by atoms with E-state index in [0.29, 0.717) is 25.8 Å². The normalized spacial score (nSPS) is 11.6. The number of ether oxygens (including phenoxy) is 1. The van der Waals surface area contributed by atoms with Gasteiger partial charge in [0.05, 0.1) is 7.11 Å². The van der Waals surface area contributed by atoms with Crippen molar-refractivity contribution in [1.82, 2.24) is 10.2 Å². The zero-order valence-electron chi connectivity index (χ0n) is 17.2. The highest BCUT2D eigenvalue weighted by molar-refractivity contribution is 5.87. The maximum Gasteiger partial charge on any atom is 0.242 e. The molecule has 0 heterocycles. The zero-order valence-corrected chi connectivity index (χ0v) is 17.2. The first-order valence-corrected chi connectivity index (χ1v) is 9.68. The smallest absolute Gasteiger partial charge is 0.242 e. The Bertz CT molecular complexity index is 769. The molecule has 28 heavy (non-hydrogen) atoms. The quantitative estimate of drug-likeness (QED) is 0.722. The Morgan fingerprint density at radius 3 is 2.18 bits per heavy atom. The molecule has 5 heteroatoms. The zero-order chi connectivity index (χ0) is 20.5. The summed E-state index contributed by atoms with van der Waals surface area (Å²) in [6.45, 7) is 4.36. The molecule has 1 atom stereocenters. The maximum absolute atomic E-state index is 13.1. The number of carbonyl (C=O) groups excluding carboxylic acids is 2. The molecule has 5 nitrogen and oxygen atoms in total. The van der Waals surface area contributed by atoms with Crippen LogP contribution in [-0.4, -0.2) is 36.9 Å². The van der Waals surface area contributed by atoms with E-state index in [-0.39, 0.29) is 11.8 Å². The highest BCUT2D eigenvalue weighted by Crippen LogP contribution is 2.17. The monoisotopic (exact) mass is 382 g/mol. The van der Waals surface area contributed by atoms with E-state index in [1.165, 1.54) is 5.56 Å². The lowest BCUT2D eigenvalue weighted by Crippen LogP contribution is -2.48. The summed E-state index contributed by atoms with van der Waals surface area (Å²) in [7, 11) is 3.22. The van der Waals surface area contributed by atoms with E-state index in [1.807, 2.05) is 62.4 Å². The van der Waals surface area contributed by atoms with Crippen molar-refractivity contribution in [3.05, 3.63) is 65.2 Å². The van der Waals surface area contributed by atoms with E-state index < -0.39 is 6.04 Å². The first-order chi connectivity index (χ1) is 13.5. The molecule has 0 fully saturated rings. The van der Waals surface area contributed by atoms with Crippen LogP contribution in [0.25, 0.3) is 0 Å². The highest BCUT2D eigenvalue weighted by Gasteiger charge is 2.27. The van der Waals surface area contributed by atoms with E-state index in [1.54, 1.807) is 19.1 Å². The van der Waals surface area contributed by atoms with Crippen molar-refractivity contribution in [3.8, 4) is 5.75 Å². The maximum atomic E-state index is 13.1. The SMILES string of the molecule is CCC(C(=O)NC)N(Cc1ccc(OC)cc1)C(=O)CCc1ccc(C)cc1. The molecule has 150 valence electrons. The van der Waals surface area contributed by atoms with Crippen molar-refractivity contribution < 1.29 is 14.3 Å². The summed E-state index contributed by atoms with van der Waals surface area (Å²) in [4.78, 5) is 27.1. The molecular weight excluding hydrogens is 352 g/mol. The summed E-state index contributed by atoms with van der Waals surface area (Å²) in [6, 6.07) is 15.3. The molecule has 1 unspecified atom stereocenters. The third-order valence-corrected chi connectivity index (χ3v) is 4.89. The molecule has 0 saturated heterocycles. The summed E-state index contributed by atoms with van der Waals surface area (Å²) >= 11 is 0. The van der Waals surface area contributed by atoms with Gasteiger partial charge in [-0.1, -0.05) is 48.9 Å². The van der Waals surface area contributed by atoms with Gasteiger partial charge in [-0.15, -0.1) is 0 Å². The number of carbonyl (C=O) groups is 2. The fraction of sp³-hybridized carbons (Fsp3) is 0.391. The van der Waals surface area contributed by atoms with Crippen molar-refractivity contribution in [2.24, 2.45) is 0 Å². The van der Waals surface area contributed by atoms with Gasteiger partial charge in [-0.05, 0) is 43.0 Å². The molecule has 0 spiro atoms. The Morgan fingerprint density at radius 2 is 1.64 bits per heavy atom. The van der Waals surface area contributed by atoms with E-state index >= 15 is 0 Å². The Labute approximate surface area is 167 Å². The number of likely N-dealkylation sites (N-methyl/N-ethyl adjacent to an activating group) is 1. The number of benzene rings is 2. The van der Waals surface area contributed by atoms with E-state index in [4.69, 9.17) is 4.74 Å². The second kappa shape index (κ2) is 10.5. The lowest BCUT2D eigenvalue weighted by atomic mass is 10.1. The largest absolute Gasteiger partial charge is 0.497 e. The van der Waals surface area contributed by atoms with Crippen LogP contribution in [0.3, 0.4) is 0 Å². The van der Waals surface area contributed by atoms with Crippen LogP contribution in [0.5, 0.6) is 5.75 Å². The molecule has 0 saturated carbocycles. The molecule has 2 rings (SSSR count). The molecule has 0 aliphatic heterocycles. The second-order valence-electron chi connectivity index (χ2n) is 6.89. The number of hydrogen-bond acceptors (Lipinski definition) is 3. The first kappa shape index (κ1) is 21.5. The van der Waals surface area contributed by atoms with Gasteiger partial charge in [0.25, 0.3) is 0 Å². The van der Waals surface area contributed by atoms with Crippen LogP contribution in [0, 0.1) is 6.92 Å². The molecule has 0 bridgehead atoms.